The number of unbranched alkanes of at least 4 members (excludes halogenated alkanes) is 2. The van der Waals surface area contributed by atoms with E-state index >= 15 is 0 Å². The fourth-order valence-corrected chi connectivity index (χ4v) is 2.28. The first-order valence-electron chi connectivity index (χ1n) is 8.44. The van der Waals surface area contributed by atoms with E-state index in [1.54, 1.807) is 24.3 Å². The van der Waals surface area contributed by atoms with E-state index in [2.05, 4.69) is 0 Å². The standard InChI is InChI=1S/C19H20N2O6/c22-18(20-24)14-4-8-16(9-5-14)26-12-2-1-3-13-27-17-10-6-15(7-11-17)19(23)21-25/h4-11H,1-3,12-13H2,(H2-2,20,21,22,23,24,25)/q-2. The van der Waals surface area contributed by atoms with E-state index in [0.717, 1.165) is 19.3 Å². The van der Waals surface area contributed by atoms with E-state index in [1.165, 1.54) is 35.2 Å². The average Bonchev–Trinajstić information content (AvgIpc) is 2.72. The second-order valence-electron chi connectivity index (χ2n) is 5.67. The van der Waals surface area contributed by atoms with Crippen molar-refractivity contribution in [2.75, 3.05) is 13.2 Å². The fraction of sp³-hybridized carbons (Fsp3) is 0.263. The van der Waals surface area contributed by atoms with E-state index < -0.39 is 11.8 Å². The number of nitrogens with one attached hydrogen (secondary N) is 2. The molecule has 2 aromatic carbocycles. The van der Waals surface area contributed by atoms with E-state index in [1.807, 2.05) is 0 Å². The zero-order valence-electron chi connectivity index (χ0n) is 14.6. The number of rotatable bonds is 10. The minimum atomic E-state index is -0.676. The molecule has 2 N–H and O–H groups in total. The molecule has 0 saturated heterocycles. The molecule has 0 radical (unpaired) electrons. The molecule has 0 aliphatic heterocycles. The summed E-state index contributed by atoms with van der Waals surface area (Å²) in [6.45, 7) is 1.07. The number of hydroxylamine groups is 2. The van der Waals surface area contributed by atoms with Gasteiger partial charge < -0.3 is 30.8 Å². The Balaban J connectivity index is 1.58. The predicted molar refractivity (Wildman–Crippen MR) is 99.4 cm³/mol. The first kappa shape index (κ1) is 20.2. The highest BCUT2D eigenvalue weighted by molar-refractivity contribution is 5.94. The molecule has 0 heterocycles. The summed E-state index contributed by atoms with van der Waals surface area (Å²) in [6.07, 6.45) is 2.59. The normalized spacial score (nSPS) is 10.1. The molecule has 0 spiro atoms. The van der Waals surface area contributed by atoms with Gasteiger partial charge in [-0.15, -0.1) is 0 Å². The summed E-state index contributed by atoms with van der Waals surface area (Å²) in [7, 11) is 0. The van der Waals surface area contributed by atoms with Crippen LogP contribution >= 0.6 is 0 Å². The molecule has 0 aromatic heterocycles. The predicted octanol–water partition coefficient (Wildman–Crippen LogP) is 2.77. The highest BCUT2D eigenvalue weighted by Crippen LogP contribution is 2.14. The van der Waals surface area contributed by atoms with Crippen molar-refractivity contribution >= 4 is 11.8 Å². The van der Waals surface area contributed by atoms with Crippen LogP contribution in [0.5, 0.6) is 11.5 Å². The Kier molecular flexibility index (Phi) is 8.08. The Morgan fingerprint density at radius 2 is 1.04 bits per heavy atom. The highest BCUT2D eigenvalue weighted by atomic mass is 16.5. The third-order valence-electron chi connectivity index (χ3n) is 3.74. The first-order valence-corrected chi connectivity index (χ1v) is 8.44. The largest absolute Gasteiger partial charge is 0.759 e. The molecule has 2 amide bonds. The van der Waals surface area contributed by atoms with Crippen molar-refractivity contribution in [3.8, 4) is 11.5 Å². The summed E-state index contributed by atoms with van der Waals surface area (Å²) in [4.78, 5) is 22.3. The molecule has 144 valence electrons. The number of amides is 2. The smallest absolute Gasteiger partial charge is 0.240 e. The van der Waals surface area contributed by atoms with Crippen molar-refractivity contribution < 1.29 is 19.1 Å². The van der Waals surface area contributed by atoms with Crippen LogP contribution in [0.25, 0.3) is 0 Å². The monoisotopic (exact) mass is 372 g/mol. The van der Waals surface area contributed by atoms with Gasteiger partial charge in [-0.3, -0.25) is 9.59 Å². The van der Waals surface area contributed by atoms with Crippen molar-refractivity contribution in [1.82, 2.24) is 11.0 Å². The summed E-state index contributed by atoms with van der Waals surface area (Å²) < 4.78 is 11.1. The zero-order chi connectivity index (χ0) is 19.5. The molecule has 0 saturated carbocycles. The number of carbonyl (C=O) groups is 2. The summed E-state index contributed by atoms with van der Waals surface area (Å²) in [6, 6.07) is 12.7. The number of ether oxygens (including phenoxy) is 2. The Morgan fingerprint density at radius 3 is 1.37 bits per heavy atom. The molecule has 0 aliphatic carbocycles. The summed E-state index contributed by atoms with van der Waals surface area (Å²) in [5.74, 6) is -0.0819. The molecule has 8 heteroatoms. The quantitative estimate of drug-likeness (QED) is 0.488. The summed E-state index contributed by atoms with van der Waals surface area (Å²) in [5, 5.41) is 20.6. The minimum absolute atomic E-state index is 0.288. The van der Waals surface area contributed by atoms with Gasteiger partial charge in [-0.05, 0) is 67.8 Å². The van der Waals surface area contributed by atoms with Crippen LogP contribution in [0.3, 0.4) is 0 Å². The van der Waals surface area contributed by atoms with Gasteiger partial charge >= 0.3 is 0 Å². The lowest BCUT2D eigenvalue weighted by Crippen LogP contribution is -2.15. The lowest BCUT2D eigenvalue weighted by Gasteiger charge is -2.10. The Labute approximate surface area is 156 Å². The van der Waals surface area contributed by atoms with Crippen LogP contribution in [0.1, 0.15) is 40.0 Å². The number of hydrogen-bond donors (Lipinski definition) is 2. The Hall–Kier alpha value is -3.10. The van der Waals surface area contributed by atoms with Crippen LogP contribution in [0.15, 0.2) is 48.5 Å². The van der Waals surface area contributed by atoms with E-state index in [0.29, 0.717) is 24.7 Å². The van der Waals surface area contributed by atoms with Crippen LogP contribution in [0, 0.1) is 10.4 Å². The van der Waals surface area contributed by atoms with Crippen molar-refractivity contribution in [2.45, 2.75) is 19.3 Å². The maximum atomic E-state index is 11.1. The molecule has 0 fully saturated rings. The number of carbonyl (C=O) groups excluding carboxylic acids is 2. The Bertz CT molecular complexity index is 667. The van der Waals surface area contributed by atoms with Crippen LogP contribution in [0.2, 0.25) is 0 Å². The van der Waals surface area contributed by atoms with Gasteiger partial charge in [0.05, 0.1) is 13.2 Å². The van der Waals surface area contributed by atoms with Crippen molar-refractivity contribution in [1.29, 1.82) is 0 Å². The SMILES string of the molecule is O=C(N[O-])c1ccc(OCCCCCOc2ccc(C(=O)N[O-])cc2)cc1. The molecule has 2 aromatic rings. The minimum Gasteiger partial charge on any atom is -0.759 e. The first-order chi connectivity index (χ1) is 13.1. The van der Waals surface area contributed by atoms with Crippen LogP contribution in [0.4, 0.5) is 0 Å². The van der Waals surface area contributed by atoms with Gasteiger partial charge in [0, 0.05) is 11.1 Å². The zero-order valence-corrected chi connectivity index (χ0v) is 14.6. The molecule has 0 atom stereocenters. The molecule has 0 unspecified atom stereocenters. The third-order valence-corrected chi connectivity index (χ3v) is 3.74. The lowest BCUT2D eigenvalue weighted by molar-refractivity contribution is 0.0962. The van der Waals surface area contributed by atoms with Crippen LogP contribution < -0.4 is 20.4 Å². The average molecular weight is 372 g/mol. The molecule has 2 rings (SSSR count). The lowest BCUT2D eigenvalue weighted by atomic mass is 10.2. The van der Waals surface area contributed by atoms with Gasteiger partial charge in [-0.1, -0.05) is 0 Å². The number of hydrogen-bond acceptors (Lipinski definition) is 6. The molecule has 27 heavy (non-hydrogen) atoms. The summed E-state index contributed by atoms with van der Waals surface area (Å²) in [5.41, 5.74) is 3.22. The molecule has 0 bridgehead atoms. The highest BCUT2D eigenvalue weighted by Gasteiger charge is 2.02. The third kappa shape index (κ3) is 6.61. The van der Waals surface area contributed by atoms with Crippen molar-refractivity contribution in [3.63, 3.8) is 0 Å². The Morgan fingerprint density at radius 1 is 0.667 bits per heavy atom. The van der Waals surface area contributed by atoms with E-state index in [4.69, 9.17) is 9.47 Å². The molecule has 8 nitrogen and oxygen atoms in total. The van der Waals surface area contributed by atoms with Gasteiger partial charge in [0.2, 0.25) is 11.8 Å². The molecular weight excluding hydrogens is 352 g/mol. The van der Waals surface area contributed by atoms with Crippen molar-refractivity contribution in [2.24, 2.45) is 0 Å². The summed E-state index contributed by atoms with van der Waals surface area (Å²) >= 11 is 0. The van der Waals surface area contributed by atoms with E-state index in [9.17, 15) is 20.0 Å². The van der Waals surface area contributed by atoms with Gasteiger partial charge in [0.25, 0.3) is 0 Å². The topological polar surface area (TPSA) is 123 Å². The van der Waals surface area contributed by atoms with Crippen LogP contribution in [-0.4, -0.2) is 25.0 Å². The maximum absolute atomic E-state index is 11.1. The fourth-order valence-electron chi connectivity index (χ4n) is 2.28. The van der Waals surface area contributed by atoms with Gasteiger partial charge in [0.15, 0.2) is 0 Å². The van der Waals surface area contributed by atoms with Gasteiger partial charge in [0.1, 0.15) is 11.5 Å². The van der Waals surface area contributed by atoms with E-state index in [-0.39, 0.29) is 11.1 Å². The van der Waals surface area contributed by atoms with Gasteiger partial charge in [-0.2, -0.15) is 0 Å². The maximum Gasteiger partial charge on any atom is 0.240 e. The second-order valence-corrected chi connectivity index (χ2v) is 5.67. The van der Waals surface area contributed by atoms with Crippen molar-refractivity contribution in [3.05, 3.63) is 70.1 Å². The molecule has 0 aliphatic rings. The van der Waals surface area contributed by atoms with Gasteiger partial charge in [-0.25, -0.2) is 0 Å². The second kappa shape index (κ2) is 10.8. The number of benzene rings is 2. The van der Waals surface area contributed by atoms with Crippen LogP contribution in [-0.2, 0) is 0 Å². The molecular formula is C19H20N2O6-2.